The Labute approximate surface area is 191 Å². The summed E-state index contributed by atoms with van der Waals surface area (Å²) in [5.41, 5.74) is 2.00. The van der Waals surface area contributed by atoms with Crippen LogP contribution in [-0.4, -0.2) is 46.1 Å². The first-order valence-corrected chi connectivity index (χ1v) is 11.0. The summed E-state index contributed by atoms with van der Waals surface area (Å²) in [4.78, 5) is 23.8. The molecule has 0 bridgehead atoms. The summed E-state index contributed by atoms with van der Waals surface area (Å²) in [6.07, 6.45) is 2.30. The molecule has 0 aliphatic carbocycles. The Morgan fingerprint density at radius 1 is 1.12 bits per heavy atom. The minimum Gasteiger partial charge on any atom is -0.496 e. The van der Waals surface area contributed by atoms with Crippen molar-refractivity contribution in [1.29, 1.82) is 0 Å². The van der Waals surface area contributed by atoms with E-state index in [4.69, 9.17) is 4.74 Å². The maximum atomic E-state index is 12.2. The number of hydrogen-bond donors (Lipinski definition) is 2. The molecular weight excluding hydrogens is 426 g/mol. The van der Waals surface area contributed by atoms with Crippen molar-refractivity contribution in [2.45, 2.75) is 18.1 Å². The highest BCUT2D eigenvalue weighted by atomic mass is 32.2. The molecule has 0 spiro atoms. The SMILES string of the molecule is C=CCNC(=O)NC(=O)CSc1nnc(-c2ccccc2OC)n1CCc1ccccc1. The minimum atomic E-state index is -0.559. The van der Waals surface area contributed by atoms with Gasteiger partial charge in [0, 0.05) is 13.1 Å². The summed E-state index contributed by atoms with van der Waals surface area (Å²) in [6.45, 7) is 4.42. The molecule has 0 aliphatic rings. The molecule has 166 valence electrons. The van der Waals surface area contributed by atoms with E-state index in [0.29, 0.717) is 23.3 Å². The molecule has 1 heterocycles. The van der Waals surface area contributed by atoms with E-state index in [1.54, 1.807) is 7.11 Å². The molecule has 0 fully saturated rings. The molecule has 0 saturated heterocycles. The quantitative estimate of drug-likeness (QED) is 0.363. The van der Waals surface area contributed by atoms with Gasteiger partial charge in [-0.15, -0.1) is 16.8 Å². The van der Waals surface area contributed by atoms with Gasteiger partial charge in [0.1, 0.15) is 5.75 Å². The topological polar surface area (TPSA) is 98.1 Å². The lowest BCUT2D eigenvalue weighted by molar-refractivity contribution is -0.117. The smallest absolute Gasteiger partial charge is 0.321 e. The number of amides is 3. The van der Waals surface area contributed by atoms with Crippen LogP contribution in [-0.2, 0) is 17.8 Å². The largest absolute Gasteiger partial charge is 0.496 e. The van der Waals surface area contributed by atoms with Crippen molar-refractivity contribution in [2.24, 2.45) is 0 Å². The zero-order valence-electron chi connectivity index (χ0n) is 17.8. The van der Waals surface area contributed by atoms with Gasteiger partial charge in [-0.05, 0) is 24.1 Å². The standard InChI is InChI=1S/C23H25N5O3S/c1-3-14-24-22(30)25-20(29)16-32-23-27-26-21(18-11-7-8-12-19(18)31-2)28(23)15-13-17-9-5-4-6-10-17/h3-12H,1,13-16H2,2H3,(H2,24,25,29,30). The Bertz CT molecular complexity index is 1070. The Morgan fingerprint density at radius 3 is 2.62 bits per heavy atom. The van der Waals surface area contributed by atoms with Crippen molar-refractivity contribution < 1.29 is 14.3 Å². The van der Waals surface area contributed by atoms with Crippen molar-refractivity contribution >= 4 is 23.7 Å². The number of hydrogen-bond acceptors (Lipinski definition) is 6. The predicted octanol–water partition coefficient (Wildman–Crippen LogP) is 3.30. The highest BCUT2D eigenvalue weighted by Crippen LogP contribution is 2.31. The Hall–Kier alpha value is -3.59. The van der Waals surface area contributed by atoms with Crippen LogP contribution >= 0.6 is 11.8 Å². The first-order valence-electron chi connectivity index (χ1n) is 10.0. The van der Waals surface area contributed by atoms with Crippen molar-refractivity contribution in [3.63, 3.8) is 0 Å². The van der Waals surface area contributed by atoms with Crippen LogP contribution in [0.4, 0.5) is 4.79 Å². The highest BCUT2D eigenvalue weighted by molar-refractivity contribution is 7.99. The molecule has 2 aromatic carbocycles. The summed E-state index contributed by atoms with van der Waals surface area (Å²) >= 11 is 1.22. The molecule has 0 saturated carbocycles. The van der Waals surface area contributed by atoms with Crippen molar-refractivity contribution in [3.8, 4) is 17.1 Å². The summed E-state index contributed by atoms with van der Waals surface area (Å²) in [5.74, 6) is 0.948. The number of benzene rings is 2. The zero-order chi connectivity index (χ0) is 22.8. The van der Waals surface area contributed by atoms with Crippen LogP contribution in [0.2, 0.25) is 0 Å². The number of carbonyl (C=O) groups excluding carboxylic acids is 2. The van der Waals surface area contributed by atoms with Crippen LogP contribution in [0.3, 0.4) is 0 Å². The van der Waals surface area contributed by atoms with Crippen LogP contribution < -0.4 is 15.4 Å². The van der Waals surface area contributed by atoms with Crippen molar-refractivity contribution in [1.82, 2.24) is 25.4 Å². The third-order valence-corrected chi connectivity index (χ3v) is 5.49. The molecule has 2 N–H and O–H groups in total. The number of urea groups is 1. The second kappa shape index (κ2) is 11.7. The monoisotopic (exact) mass is 451 g/mol. The van der Waals surface area contributed by atoms with Gasteiger partial charge in [0.15, 0.2) is 11.0 Å². The van der Waals surface area contributed by atoms with Crippen LogP contribution in [0.15, 0.2) is 72.4 Å². The number of aromatic nitrogens is 3. The van der Waals surface area contributed by atoms with Gasteiger partial charge >= 0.3 is 6.03 Å². The van der Waals surface area contributed by atoms with E-state index in [9.17, 15) is 9.59 Å². The number of ether oxygens (including phenoxy) is 1. The van der Waals surface area contributed by atoms with Crippen molar-refractivity contribution in [2.75, 3.05) is 19.4 Å². The fourth-order valence-corrected chi connectivity index (χ4v) is 3.78. The van der Waals surface area contributed by atoms with Gasteiger partial charge in [0.2, 0.25) is 5.91 Å². The third-order valence-electron chi connectivity index (χ3n) is 4.52. The molecule has 0 unspecified atom stereocenters. The zero-order valence-corrected chi connectivity index (χ0v) is 18.6. The fourth-order valence-electron chi connectivity index (χ4n) is 3.01. The number of rotatable bonds is 10. The second-order valence-corrected chi connectivity index (χ2v) is 7.67. The molecule has 1 aromatic heterocycles. The molecule has 3 aromatic rings. The summed E-state index contributed by atoms with van der Waals surface area (Å²) in [5, 5.41) is 14.1. The van der Waals surface area contributed by atoms with Gasteiger partial charge in [-0.1, -0.05) is 60.3 Å². The molecule has 3 rings (SSSR count). The van der Waals surface area contributed by atoms with E-state index >= 15 is 0 Å². The first kappa shape index (κ1) is 23.1. The van der Waals surface area contributed by atoms with Gasteiger partial charge in [0.05, 0.1) is 18.4 Å². The second-order valence-electron chi connectivity index (χ2n) is 6.73. The van der Waals surface area contributed by atoms with E-state index in [-0.39, 0.29) is 12.3 Å². The van der Waals surface area contributed by atoms with Gasteiger partial charge in [0.25, 0.3) is 0 Å². The van der Waals surface area contributed by atoms with Crippen LogP contribution in [0, 0.1) is 0 Å². The molecule has 32 heavy (non-hydrogen) atoms. The Kier molecular flexibility index (Phi) is 8.44. The maximum Gasteiger partial charge on any atom is 0.321 e. The van der Waals surface area contributed by atoms with Gasteiger partial charge in [-0.2, -0.15) is 0 Å². The average molecular weight is 452 g/mol. The lowest BCUT2D eigenvalue weighted by atomic mass is 10.1. The number of methoxy groups -OCH3 is 1. The van der Waals surface area contributed by atoms with E-state index in [0.717, 1.165) is 12.0 Å². The number of nitrogens with one attached hydrogen (secondary N) is 2. The summed E-state index contributed by atoms with van der Waals surface area (Å²) < 4.78 is 7.47. The number of carbonyl (C=O) groups is 2. The maximum absolute atomic E-state index is 12.2. The van der Waals surface area contributed by atoms with E-state index in [1.807, 2.05) is 47.0 Å². The molecular formula is C23H25N5O3S. The summed E-state index contributed by atoms with van der Waals surface area (Å²) in [6, 6.07) is 17.1. The van der Waals surface area contributed by atoms with Crippen LogP contribution in [0.5, 0.6) is 5.75 Å². The fraction of sp³-hybridized carbons (Fsp3) is 0.217. The highest BCUT2D eigenvalue weighted by Gasteiger charge is 2.19. The van der Waals surface area contributed by atoms with Crippen LogP contribution in [0.25, 0.3) is 11.4 Å². The molecule has 0 aliphatic heterocycles. The minimum absolute atomic E-state index is 0.0247. The molecule has 3 amide bonds. The normalized spacial score (nSPS) is 10.4. The summed E-state index contributed by atoms with van der Waals surface area (Å²) in [7, 11) is 1.61. The van der Waals surface area contributed by atoms with E-state index < -0.39 is 11.9 Å². The number of para-hydroxylation sites is 1. The number of nitrogens with zero attached hydrogens (tertiary/aromatic N) is 3. The first-order chi connectivity index (χ1) is 15.6. The van der Waals surface area contributed by atoms with Gasteiger partial charge in [-0.25, -0.2) is 4.79 Å². The van der Waals surface area contributed by atoms with Crippen LogP contribution in [0.1, 0.15) is 5.56 Å². The molecule has 0 atom stereocenters. The van der Waals surface area contributed by atoms with Gasteiger partial charge < -0.3 is 14.6 Å². The molecule has 9 heteroatoms. The Balaban J connectivity index is 1.79. The number of imide groups is 1. The predicted molar refractivity (Wildman–Crippen MR) is 125 cm³/mol. The van der Waals surface area contributed by atoms with E-state index in [1.165, 1.54) is 23.4 Å². The average Bonchev–Trinajstić information content (AvgIpc) is 3.23. The Morgan fingerprint density at radius 2 is 1.88 bits per heavy atom. The number of aryl methyl sites for hydroxylation is 1. The van der Waals surface area contributed by atoms with Gasteiger partial charge in [-0.3, -0.25) is 10.1 Å². The lowest BCUT2D eigenvalue weighted by Gasteiger charge is -2.12. The molecule has 8 nitrogen and oxygen atoms in total. The van der Waals surface area contributed by atoms with E-state index in [2.05, 4.69) is 39.5 Å². The van der Waals surface area contributed by atoms with Crippen molar-refractivity contribution in [3.05, 3.63) is 72.8 Å². The lowest BCUT2D eigenvalue weighted by Crippen LogP contribution is -2.40. The third kappa shape index (κ3) is 6.21. The number of thioether (sulfide) groups is 1. The molecule has 0 radical (unpaired) electrons.